The first-order valence-electron chi connectivity index (χ1n) is 7.45. The van der Waals surface area contributed by atoms with Gasteiger partial charge in [-0.2, -0.15) is 0 Å². The van der Waals surface area contributed by atoms with Gasteiger partial charge in [-0.1, -0.05) is 6.07 Å². The second kappa shape index (κ2) is 8.00. The summed E-state index contributed by atoms with van der Waals surface area (Å²) in [4.78, 5) is 29.3. The molecule has 0 spiro atoms. The highest BCUT2D eigenvalue weighted by atomic mass is 16.5. The number of hydrogen-bond acceptors (Lipinski definition) is 6. The van der Waals surface area contributed by atoms with Crippen molar-refractivity contribution in [3.8, 4) is 0 Å². The topological polar surface area (TPSA) is 104 Å². The van der Waals surface area contributed by atoms with Gasteiger partial charge < -0.3 is 20.5 Å². The van der Waals surface area contributed by atoms with Gasteiger partial charge in [-0.05, 0) is 12.1 Å². The molecule has 1 aliphatic heterocycles. The Labute approximate surface area is 134 Å². The summed E-state index contributed by atoms with van der Waals surface area (Å²) in [5.74, 6) is -0.493. The molecule has 0 aliphatic carbocycles. The van der Waals surface area contributed by atoms with Crippen LogP contribution in [-0.4, -0.2) is 78.8 Å². The standard InChI is InChI=1S/C15H22N4O4/c1-16-13(20)8-19-6-7-23-11-15(22,10-19)9-18-14(21)12-4-2-3-5-17-12/h2-5,22H,6-11H2,1H3,(H,16,20)(H,18,21)/t15-/m1/s1. The first kappa shape index (κ1) is 17.3. The fraction of sp³-hybridized carbons (Fsp3) is 0.533. The minimum atomic E-state index is -1.25. The molecule has 8 heteroatoms. The number of ether oxygens (including phenoxy) is 1. The van der Waals surface area contributed by atoms with Gasteiger partial charge in [-0.15, -0.1) is 0 Å². The molecule has 8 nitrogen and oxygen atoms in total. The molecule has 126 valence electrons. The minimum absolute atomic E-state index is 0.0205. The number of nitrogens with zero attached hydrogens (tertiary/aromatic N) is 2. The second-order valence-corrected chi connectivity index (χ2v) is 5.56. The number of hydrogen-bond donors (Lipinski definition) is 3. The fourth-order valence-electron chi connectivity index (χ4n) is 2.35. The Hall–Kier alpha value is -2.03. The maximum Gasteiger partial charge on any atom is 0.269 e. The van der Waals surface area contributed by atoms with Crippen LogP contribution in [0.15, 0.2) is 24.4 Å². The van der Waals surface area contributed by atoms with Crippen LogP contribution in [0.1, 0.15) is 10.5 Å². The lowest BCUT2D eigenvalue weighted by Gasteiger charge is -2.30. The summed E-state index contributed by atoms with van der Waals surface area (Å²) in [6.45, 7) is 1.50. The smallest absolute Gasteiger partial charge is 0.269 e. The Morgan fingerprint density at radius 3 is 3.00 bits per heavy atom. The Balaban J connectivity index is 1.93. The summed E-state index contributed by atoms with van der Waals surface area (Å²) in [6.07, 6.45) is 1.53. The highest BCUT2D eigenvalue weighted by Gasteiger charge is 2.33. The van der Waals surface area contributed by atoms with Crippen LogP contribution in [0.3, 0.4) is 0 Å². The van der Waals surface area contributed by atoms with Crippen LogP contribution in [0, 0.1) is 0 Å². The van der Waals surface area contributed by atoms with Crippen molar-refractivity contribution >= 4 is 11.8 Å². The maximum absolute atomic E-state index is 12.0. The first-order chi connectivity index (χ1) is 11.0. The lowest BCUT2D eigenvalue weighted by atomic mass is 10.0. The molecular formula is C15H22N4O4. The minimum Gasteiger partial charge on any atom is -0.384 e. The number of nitrogens with one attached hydrogen (secondary N) is 2. The van der Waals surface area contributed by atoms with Crippen LogP contribution in [0.25, 0.3) is 0 Å². The number of aliphatic hydroxyl groups is 1. The SMILES string of the molecule is CNC(=O)CN1CCOC[C@@](O)(CNC(=O)c2ccccn2)C1. The monoisotopic (exact) mass is 322 g/mol. The Kier molecular flexibility index (Phi) is 6.03. The molecule has 1 atom stereocenters. The molecule has 0 radical (unpaired) electrons. The van der Waals surface area contributed by atoms with Gasteiger partial charge in [0.2, 0.25) is 5.91 Å². The quantitative estimate of drug-likeness (QED) is 0.617. The van der Waals surface area contributed by atoms with Crippen LogP contribution in [0.2, 0.25) is 0 Å². The van der Waals surface area contributed by atoms with Crippen molar-refractivity contribution in [2.24, 2.45) is 0 Å². The summed E-state index contributed by atoms with van der Waals surface area (Å²) >= 11 is 0. The van der Waals surface area contributed by atoms with E-state index in [0.29, 0.717) is 13.2 Å². The van der Waals surface area contributed by atoms with Crippen molar-refractivity contribution in [1.82, 2.24) is 20.5 Å². The number of aromatic nitrogens is 1. The lowest BCUT2D eigenvalue weighted by Crippen LogP contribution is -2.53. The first-order valence-corrected chi connectivity index (χ1v) is 7.45. The predicted octanol–water partition coefficient (Wildman–Crippen LogP) is -1.38. The average molecular weight is 322 g/mol. The molecule has 2 heterocycles. The molecule has 3 N–H and O–H groups in total. The number of carbonyl (C=O) groups is 2. The molecule has 0 bridgehead atoms. The third-order valence-electron chi connectivity index (χ3n) is 3.56. The number of β-amino-alcohol motifs (C(OH)–C–C–N with tert-alkyl or cyclic N) is 1. The van der Waals surface area contributed by atoms with Gasteiger partial charge >= 0.3 is 0 Å². The third kappa shape index (κ3) is 5.27. The lowest BCUT2D eigenvalue weighted by molar-refractivity contribution is -0.122. The van der Waals surface area contributed by atoms with E-state index in [0.717, 1.165) is 0 Å². The molecule has 1 fully saturated rings. The van der Waals surface area contributed by atoms with Crippen LogP contribution >= 0.6 is 0 Å². The van der Waals surface area contributed by atoms with Crippen LogP contribution in [0.5, 0.6) is 0 Å². The Bertz CT molecular complexity index is 540. The van der Waals surface area contributed by atoms with Gasteiger partial charge in [0.15, 0.2) is 0 Å². The summed E-state index contributed by atoms with van der Waals surface area (Å²) in [6, 6.07) is 5.04. The summed E-state index contributed by atoms with van der Waals surface area (Å²) < 4.78 is 5.40. The van der Waals surface area contributed by atoms with E-state index in [9.17, 15) is 14.7 Å². The number of carbonyl (C=O) groups excluding carboxylic acids is 2. The van der Waals surface area contributed by atoms with Crippen molar-refractivity contribution in [3.63, 3.8) is 0 Å². The van der Waals surface area contributed by atoms with E-state index in [-0.39, 0.29) is 43.7 Å². The average Bonchev–Trinajstić information content (AvgIpc) is 2.75. The van der Waals surface area contributed by atoms with Crippen molar-refractivity contribution < 1.29 is 19.4 Å². The number of rotatable bonds is 5. The van der Waals surface area contributed by atoms with E-state index in [1.165, 1.54) is 6.20 Å². The van der Waals surface area contributed by atoms with E-state index in [4.69, 9.17) is 4.74 Å². The molecule has 23 heavy (non-hydrogen) atoms. The largest absolute Gasteiger partial charge is 0.384 e. The maximum atomic E-state index is 12.0. The van der Waals surface area contributed by atoms with E-state index in [1.54, 1.807) is 30.1 Å². The molecule has 0 saturated carbocycles. The highest BCUT2D eigenvalue weighted by Crippen LogP contribution is 2.12. The fourth-order valence-corrected chi connectivity index (χ4v) is 2.35. The van der Waals surface area contributed by atoms with E-state index < -0.39 is 5.60 Å². The number of likely N-dealkylation sites (N-methyl/N-ethyl adjacent to an activating group) is 1. The second-order valence-electron chi connectivity index (χ2n) is 5.56. The van der Waals surface area contributed by atoms with E-state index >= 15 is 0 Å². The van der Waals surface area contributed by atoms with Gasteiger partial charge in [0.25, 0.3) is 5.91 Å². The molecular weight excluding hydrogens is 300 g/mol. The molecule has 1 saturated heterocycles. The van der Waals surface area contributed by atoms with Crippen molar-refractivity contribution in [3.05, 3.63) is 30.1 Å². The molecule has 0 unspecified atom stereocenters. The van der Waals surface area contributed by atoms with Gasteiger partial charge in [0.1, 0.15) is 11.3 Å². The zero-order valence-corrected chi connectivity index (χ0v) is 13.1. The van der Waals surface area contributed by atoms with Gasteiger partial charge in [0, 0.05) is 26.3 Å². The molecule has 2 amide bonds. The van der Waals surface area contributed by atoms with Crippen molar-refractivity contribution in [2.75, 3.05) is 46.4 Å². The van der Waals surface area contributed by atoms with Gasteiger partial charge in [0.05, 0.1) is 26.3 Å². The zero-order valence-electron chi connectivity index (χ0n) is 13.1. The highest BCUT2D eigenvalue weighted by molar-refractivity contribution is 5.92. The number of amides is 2. The van der Waals surface area contributed by atoms with Crippen molar-refractivity contribution in [1.29, 1.82) is 0 Å². The summed E-state index contributed by atoms with van der Waals surface area (Å²) in [5.41, 5.74) is -0.970. The summed E-state index contributed by atoms with van der Waals surface area (Å²) in [5, 5.41) is 15.9. The molecule has 2 rings (SSSR count). The normalized spacial score (nSPS) is 22.2. The molecule has 1 aromatic rings. The molecule has 0 aromatic carbocycles. The van der Waals surface area contributed by atoms with Gasteiger partial charge in [-0.25, -0.2) is 0 Å². The Morgan fingerprint density at radius 2 is 2.30 bits per heavy atom. The van der Waals surface area contributed by atoms with E-state index in [2.05, 4.69) is 15.6 Å². The molecule has 1 aromatic heterocycles. The van der Waals surface area contributed by atoms with Crippen LogP contribution in [-0.2, 0) is 9.53 Å². The van der Waals surface area contributed by atoms with Gasteiger partial charge in [-0.3, -0.25) is 19.5 Å². The van der Waals surface area contributed by atoms with Crippen LogP contribution in [0.4, 0.5) is 0 Å². The van der Waals surface area contributed by atoms with E-state index in [1.807, 2.05) is 0 Å². The van der Waals surface area contributed by atoms with Crippen LogP contribution < -0.4 is 10.6 Å². The Morgan fingerprint density at radius 1 is 1.48 bits per heavy atom. The summed E-state index contributed by atoms with van der Waals surface area (Å²) in [7, 11) is 1.57. The molecule has 1 aliphatic rings. The third-order valence-corrected chi connectivity index (χ3v) is 3.56. The number of pyridine rings is 1. The van der Waals surface area contributed by atoms with Crippen molar-refractivity contribution in [2.45, 2.75) is 5.60 Å². The zero-order chi connectivity index (χ0) is 16.7. The predicted molar refractivity (Wildman–Crippen MR) is 82.8 cm³/mol.